The van der Waals surface area contributed by atoms with Crippen molar-refractivity contribution in [2.75, 3.05) is 33.4 Å². The van der Waals surface area contributed by atoms with E-state index in [1.165, 1.54) is 0 Å². The molecule has 6 heteroatoms. The van der Waals surface area contributed by atoms with Crippen molar-refractivity contribution in [3.8, 4) is 0 Å². The number of likely N-dealkylation sites (N-methyl/N-ethyl adjacent to an activating group) is 1. The third-order valence-corrected chi connectivity index (χ3v) is 4.41. The van der Waals surface area contributed by atoms with Crippen LogP contribution in [0.15, 0.2) is 0 Å². The normalized spacial score (nSPS) is 23.9. The molecular formula is C14H24N2O4. The lowest BCUT2D eigenvalue weighted by Gasteiger charge is -2.36. The van der Waals surface area contributed by atoms with Gasteiger partial charge < -0.3 is 19.6 Å². The minimum absolute atomic E-state index is 0.0807. The van der Waals surface area contributed by atoms with E-state index < -0.39 is 5.97 Å². The predicted octanol–water partition coefficient (Wildman–Crippen LogP) is 1.40. The largest absolute Gasteiger partial charge is 0.481 e. The number of ether oxygens (including phenoxy) is 1. The van der Waals surface area contributed by atoms with Crippen LogP contribution in [0.5, 0.6) is 0 Å². The molecule has 0 saturated carbocycles. The van der Waals surface area contributed by atoms with Gasteiger partial charge in [-0.05, 0) is 31.6 Å². The summed E-state index contributed by atoms with van der Waals surface area (Å²) in [7, 11) is 1.85. The molecule has 0 aromatic rings. The van der Waals surface area contributed by atoms with Gasteiger partial charge in [0.05, 0.1) is 12.6 Å². The highest BCUT2D eigenvalue weighted by molar-refractivity contribution is 5.74. The van der Waals surface area contributed by atoms with Gasteiger partial charge in [0.1, 0.15) is 0 Å². The molecule has 0 bridgehead atoms. The standard InChI is InChI=1S/C14H24N2O4/c1-15(12-6-9-20-10-12)14(19)16-7-4-11(5-8-16)2-3-13(17)18/h11-12H,2-10H2,1H3,(H,17,18). The summed E-state index contributed by atoms with van der Waals surface area (Å²) < 4.78 is 5.32. The zero-order valence-electron chi connectivity index (χ0n) is 12.1. The van der Waals surface area contributed by atoms with Crippen molar-refractivity contribution in [1.82, 2.24) is 9.80 Å². The smallest absolute Gasteiger partial charge is 0.320 e. The van der Waals surface area contributed by atoms with Crippen LogP contribution in [0, 0.1) is 5.92 Å². The number of likely N-dealkylation sites (tertiary alicyclic amines) is 1. The second kappa shape index (κ2) is 6.92. The summed E-state index contributed by atoms with van der Waals surface area (Å²) in [5.41, 5.74) is 0. The molecule has 2 aliphatic rings. The number of aliphatic carboxylic acids is 1. The Morgan fingerprint density at radius 2 is 2.00 bits per heavy atom. The molecule has 114 valence electrons. The summed E-state index contributed by atoms with van der Waals surface area (Å²) in [4.78, 5) is 26.6. The van der Waals surface area contributed by atoms with Gasteiger partial charge in [0, 0.05) is 33.2 Å². The quantitative estimate of drug-likeness (QED) is 0.847. The Morgan fingerprint density at radius 1 is 1.30 bits per heavy atom. The van der Waals surface area contributed by atoms with Gasteiger partial charge in [-0.3, -0.25) is 4.79 Å². The minimum Gasteiger partial charge on any atom is -0.481 e. The lowest BCUT2D eigenvalue weighted by atomic mass is 9.92. The molecule has 2 saturated heterocycles. The molecule has 2 aliphatic heterocycles. The Hall–Kier alpha value is -1.30. The molecule has 0 spiro atoms. The highest BCUT2D eigenvalue weighted by Gasteiger charge is 2.29. The number of hydrogen-bond donors (Lipinski definition) is 1. The first-order valence-corrected chi connectivity index (χ1v) is 7.39. The molecule has 20 heavy (non-hydrogen) atoms. The van der Waals surface area contributed by atoms with Crippen LogP contribution in [0.4, 0.5) is 4.79 Å². The molecule has 1 unspecified atom stereocenters. The first-order chi connectivity index (χ1) is 9.58. The minimum atomic E-state index is -0.732. The van der Waals surface area contributed by atoms with Crippen LogP contribution in [-0.2, 0) is 9.53 Å². The summed E-state index contributed by atoms with van der Waals surface area (Å²) in [6.07, 6.45) is 3.70. The third-order valence-electron chi connectivity index (χ3n) is 4.41. The first kappa shape index (κ1) is 15.1. The van der Waals surface area contributed by atoms with Crippen LogP contribution in [0.1, 0.15) is 32.1 Å². The van der Waals surface area contributed by atoms with Crippen LogP contribution < -0.4 is 0 Å². The number of nitrogens with zero attached hydrogens (tertiary/aromatic N) is 2. The Balaban J connectivity index is 1.75. The molecule has 2 amide bonds. The summed E-state index contributed by atoms with van der Waals surface area (Å²) in [5.74, 6) is -0.292. The van der Waals surface area contributed by atoms with Crippen LogP contribution >= 0.6 is 0 Å². The van der Waals surface area contributed by atoms with Crippen LogP contribution in [0.2, 0.25) is 0 Å². The molecule has 0 aromatic carbocycles. The molecule has 0 aromatic heterocycles. The first-order valence-electron chi connectivity index (χ1n) is 7.39. The maximum atomic E-state index is 12.4. The Kier molecular flexibility index (Phi) is 5.23. The number of carboxylic acids is 1. The van der Waals surface area contributed by atoms with Gasteiger partial charge in [-0.15, -0.1) is 0 Å². The van der Waals surface area contributed by atoms with Crippen molar-refractivity contribution in [2.45, 2.75) is 38.1 Å². The zero-order valence-corrected chi connectivity index (χ0v) is 12.1. The second-order valence-corrected chi connectivity index (χ2v) is 5.77. The van der Waals surface area contributed by atoms with Crippen molar-refractivity contribution in [3.05, 3.63) is 0 Å². The van der Waals surface area contributed by atoms with Gasteiger partial charge in [-0.2, -0.15) is 0 Å². The Bertz CT molecular complexity index is 347. The maximum Gasteiger partial charge on any atom is 0.320 e. The van der Waals surface area contributed by atoms with E-state index in [1.54, 1.807) is 4.90 Å². The van der Waals surface area contributed by atoms with Crippen LogP contribution in [-0.4, -0.2) is 66.3 Å². The lowest BCUT2D eigenvalue weighted by Crippen LogP contribution is -2.49. The average Bonchev–Trinajstić information content (AvgIpc) is 2.98. The van der Waals surface area contributed by atoms with Gasteiger partial charge in [-0.25, -0.2) is 4.79 Å². The highest BCUT2D eigenvalue weighted by Crippen LogP contribution is 2.23. The predicted molar refractivity (Wildman–Crippen MR) is 73.5 cm³/mol. The highest BCUT2D eigenvalue weighted by atomic mass is 16.5. The Morgan fingerprint density at radius 3 is 2.55 bits per heavy atom. The van der Waals surface area contributed by atoms with Crippen molar-refractivity contribution in [3.63, 3.8) is 0 Å². The van der Waals surface area contributed by atoms with Crippen LogP contribution in [0.3, 0.4) is 0 Å². The van der Waals surface area contributed by atoms with E-state index >= 15 is 0 Å². The number of carboxylic acid groups (broad SMARTS) is 1. The van der Waals surface area contributed by atoms with Crippen molar-refractivity contribution >= 4 is 12.0 Å². The number of rotatable bonds is 4. The number of urea groups is 1. The fourth-order valence-corrected chi connectivity index (χ4v) is 2.95. The Labute approximate surface area is 119 Å². The molecule has 1 atom stereocenters. The van der Waals surface area contributed by atoms with E-state index in [2.05, 4.69) is 0 Å². The fourth-order valence-electron chi connectivity index (χ4n) is 2.95. The number of amides is 2. The zero-order chi connectivity index (χ0) is 14.5. The van der Waals surface area contributed by atoms with Gasteiger partial charge in [0.2, 0.25) is 0 Å². The van der Waals surface area contributed by atoms with E-state index in [-0.39, 0.29) is 18.5 Å². The van der Waals surface area contributed by atoms with E-state index in [1.807, 2.05) is 11.9 Å². The average molecular weight is 284 g/mol. The number of carbonyl (C=O) groups excluding carboxylic acids is 1. The van der Waals surface area contributed by atoms with E-state index in [4.69, 9.17) is 9.84 Å². The van der Waals surface area contributed by atoms with Crippen molar-refractivity contribution in [2.24, 2.45) is 5.92 Å². The number of piperidine rings is 1. The third kappa shape index (κ3) is 3.85. The maximum absolute atomic E-state index is 12.4. The number of hydrogen-bond acceptors (Lipinski definition) is 3. The summed E-state index contributed by atoms with van der Waals surface area (Å²) in [6.45, 7) is 2.85. The molecule has 6 nitrogen and oxygen atoms in total. The van der Waals surface area contributed by atoms with E-state index in [0.29, 0.717) is 12.5 Å². The van der Waals surface area contributed by atoms with Crippen LogP contribution in [0.25, 0.3) is 0 Å². The monoisotopic (exact) mass is 284 g/mol. The van der Waals surface area contributed by atoms with Gasteiger partial charge in [0.15, 0.2) is 0 Å². The molecule has 2 fully saturated rings. The lowest BCUT2D eigenvalue weighted by molar-refractivity contribution is -0.137. The molecule has 0 aliphatic carbocycles. The topological polar surface area (TPSA) is 70.1 Å². The van der Waals surface area contributed by atoms with Gasteiger partial charge >= 0.3 is 12.0 Å². The van der Waals surface area contributed by atoms with Gasteiger partial charge in [-0.1, -0.05) is 0 Å². The van der Waals surface area contributed by atoms with Crippen molar-refractivity contribution < 1.29 is 19.4 Å². The molecule has 1 N–H and O–H groups in total. The summed E-state index contributed by atoms with van der Waals surface area (Å²) in [5, 5.41) is 8.70. The van der Waals surface area contributed by atoms with E-state index in [0.717, 1.165) is 45.4 Å². The number of carbonyl (C=O) groups is 2. The molecule has 2 heterocycles. The van der Waals surface area contributed by atoms with Crippen molar-refractivity contribution in [1.29, 1.82) is 0 Å². The molecular weight excluding hydrogens is 260 g/mol. The second-order valence-electron chi connectivity index (χ2n) is 5.77. The van der Waals surface area contributed by atoms with E-state index in [9.17, 15) is 9.59 Å². The summed E-state index contributed by atoms with van der Waals surface area (Å²) >= 11 is 0. The molecule has 2 rings (SSSR count). The summed E-state index contributed by atoms with van der Waals surface area (Å²) in [6, 6.07) is 0.282. The van der Waals surface area contributed by atoms with Gasteiger partial charge in [0.25, 0.3) is 0 Å². The molecule has 0 radical (unpaired) electrons. The fraction of sp³-hybridized carbons (Fsp3) is 0.857. The SMILES string of the molecule is CN(C(=O)N1CCC(CCC(=O)O)CC1)C1CCOC1.